The van der Waals surface area contributed by atoms with E-state index in [1.165, 1.54) is 0 Å². The highest BCUT2D eigenvalue weighted by Crippen LogP contribution is 2.29. The summed E-state index contributed by atoms with van der Waals surface area (Å²) in [5, 5.41) is 3.25. The minimum absolute atomic E-state index is 0.132. The second kappa shape index (κ2) is 7.19. The molecule has 6 nitrogen and oxygen atoms in total. The van der Waals surface area contributed by atoms with Gasteiger partial charge in [0.2, 0.25) is 5.91 Å². The van der Waals surface area contributed by atoms with Crippen LogP contribution in [0.4, 0.5) is 5.82 Å². The van der Waals surface area contributed by atoms with Gasteiger partial charge in [0.1, 0.15) is 5.82 Å². The van der Waals surface area contributed by atoms with Crippen LogP contribution in [0.2, 0.25) is 0 Å². The summed E-state index contributed by atoms with van der Waals surface area (Å²) in [7, 11) is 1.67. The summed E-state index contributed by atoms with van der Waals surface area (Å²) in [5.74, 6) is 1.19. The van der Waals surface area contributed by atoms with Crippen LogP contribution in [0.25, 0.3) is 0 Å². The van der Waals surface area contributed by atoms with Gasteiger partial charge in [-0.3, -0.25) is 9.78 Å². The lowest BCUT2D eigenvalue weighted by Crippen LogP contribution is -2.38. The summed E-state index contributed by atoms with van der Waals surface area (Å²) in [6.07, 6.45) is 5.45. The minimum Gasteiger partial charge on any atom is -0.383 e. The van der Waals surface area contributed by atoms with E-state index in [0.29, 0.717) is 13.2 Å². The maximum absolute atomic E-state index is 11.5. The quantitative estimate of drug-likeness (QED) is 0.821. The number of ether oxygens (including phenoxy) is 1. The number of likely N-dealkylation sites (tertiary alicyclic amines) is 1. The number of hydrogen-bond donors (Lipinski definition) is 1. The van der Waals surface area contributed by atoms with Gasteiger partial charge in [-0.25, -0.2) is 4.98 Å². The van der Waals surface area contributed by atoms with E-state index >= 15 is 0 Å². The third-order valence-electron chi connectivity index (χ3n) is 3.58. The number of carbonyl (C=O) groups excluding carboxylic acids is 1. The van der Waals surface area contributed by atoms with Gasteiger partial charge in [0, 0.05) is 52.0 Å². The minimum atomic E-state index is 0.132. The van der Waals surface area contributed by atoms with E-state index in [4.69, 9.17) is 4.74 Å². The number of rotatable bonds is 5. The van der Waals surface area contributed by atoms with Gasteiger partial charge in [-0.05, 0) is 12.8 Å². The fraction of sp³-hybridized carbons (Fsp3) is 0.643. The second-order valence-corrected chi connectivity index (χ2v) is 5.01. The summed E-state index contributed by atoms with van der Waals surface area (Å²) in [4.78, 5) is 22.3. The molecule has 1 saturated heterocycles. The molecule has 1 aliphatic rings. The number of anilines is 1. The third-order valence-corrected chi connectivity index (χ3v) is 3.58. The smallest absolute Gasteiger partial charge is 0.219 e. The van der Waals surface area contributed by atoms with E-state index < -0.39 is 0 Å². The number of amides is 1. The van der Waals surface area contributed by atoms with Crippen LogP contribution in [0.1, 0.15) is 31.4 Å². The Hall–Kier alpha value is -1.69. The van der Waals surface area contributed by atoms with E-state index in [2.05, 4.69) is 15.3 Å². The van der Waals surface area contributed by atoms with Crippen molar-refractivity contribution in [2.75, 3.05) is 38.7 Å². The topological polar surface area (TPSA) is 67.3 Å². The van der Waals surface area contributed by atoms with Crippen LogP contribution in [0, 0.1) is 0 Å². The van der Waals surface area contributed by atoms with Crippen LogP contribution in [-0.2, 0) is 9.53 Å². The van der Waals surface area contributed by atoms with Gasteiger partial charge in [-0.1, -0.05) is 0 Å². The average Bonchev–Trinajstić information content (AvgIpc) is 2.48. The van der Waals surface area contributed by atoms with E-state index in [1.54, 1.807) is 26.4 Å². The van der Waals surface area contributed by atoms with Crippen molar-refractivity contribution >= 4 is 11.7 Å². The molecule has 2 rings (SSSR count). The molecule has 20 heavy (non-hydrogen) atoms. The van der Waals surface area contributed by atoms with Crippen molar-refractivity contribution < 1.29 is 9.53 Å². The fourth-order valence-electron chi connectivity index (χ4n) is 2.54. The molecular formula is C14H22N4O2. The van der Waals surface area contributed by atoms with Gasteiger partial charge < -0.3 is 15.0 Å². The molecule has 1 aliphatic heterocycles. The van der Waals surface area contributed by atoms with Crippen molar-refractivity contribution in [2.24, 2.45) is 0 Å². The first kappa shape index (κ1) is 14.7. The van der Waals surface area contributed by atoms with Gasteiger partial charge in [-0.2, -0.15) is 0 Å². The number of hydrogen-bond acceptors (Lipinski definition) is 5. The molecule has 6 heteroatoms. The van der Waals surface area contributed by atoms with Gasteiger partial charge in [0.15, 0.2) is 0 Å². The molecule has 0 spiro atoms. The van der Waals surface area contributed by atoms with Gasteiger partial charge in [0.25, 0.3) is 0 Å². The van der Waals surface area contributed by atoms with Crippen molar-refractivity contribution in [2.45, 2.75) is 25.7 Å². The molecule has 0 unspecified atom stereocenters. The second-order valence-electron chi connectivity index (χ2n) is 5.01. The Morgan fingerprint density at radius 3 is 3.05 bits per heavy atom. The van der Waals surface area contributed by atoms with Crippen LogP contribution in [0.3, 0.4) is 0 Å². The largest absolute Gasteiger partial charge is 0.383 e. The first-order valence-electron chi connectivity index (χ1n) is 7.01. The Labute approximate surface area is 119 Å². The Morgan fingerprint density at radius 1 is 1.50 bits per heavy atom. The number of nitrogens with zero attached hydrogens (tertiary/aromatic N) is 3. The molecule has 0 radical (unpaired) electrons. The number of piperidine rings is 1. The highest BCUT2D eigenvalue weighted by molar-refractivity contribution is 5.73. The molecule has 0 aliphatic carbocycles. The van der Waals surface area contributed by atoms with E-state index in [0.717, 1.165) is 37.4 Å². The molecule has 110 valence electrons. The normalized spacial score (nSPS) is 18.9. The highest BCUT2D eigenvalue weighted by atomic mass is 16.5. The molecule has 0 aromatic carbocycles. The van der Waals surface area contributed by atoms with Crippen LogP contribution < -0.4 is 5.32 Å². The first-order valence-corrected chi connectivity index (χ1v) is 7.01. The molecule has 1 atom stereocenters. The van der Waals surface area contributed by atoms with Gasteiger partial charge >= 0.3 is 0 Å². The van der Waals surface area contributed by atoms with Crippen molar-refractivity contribution in [3.05, 3.63) is 18.1 Å². The number of methoxy groups -OCH3 is 1. The summed E-state index contributed by atoms with van der Waals surface area (Å²) in [6, 6.07) is 0. The summed E-state index contributed by atoms with van der Waals surface area (Å²) < 4.78 is 5.03. The van der Waals surface area contributed by atoms with Crippen molar-refractivity contribution in [1.82, 2.24) is 14.9 Å². The lowest BCUT2D eigenvalue weighted by atomic mass is 9.94. The molecule has 1 aromatic rings. The number of nitrogens with one attached hydrogen (secondary N) is 1. The average molecular weight is 278 g/mol. The molecule has 1 N–H and O–H groups in total. The van der Waals surface area contributed by atoms with Crippen LogP contribution >= 0.6 is 0 Å². The van der Waals surface area contributed by atoms with Crippen LogP contribution in [0.5, 0.6) is 0 Å². The SMILES string of the molecule is COCCNc1nccnc1[C@H]1CCCN(C(C)=O)C1. The first-order chi connectivity index (χ1) is 9.72. The summed E-state index contributed by atoms with van der Waals surface area (Å²) in [5.41, 5.74) is 0.953. The molecule has 0 bridgehead atoms. The number of aromatic nitrogens is 2. The van der Waals surface area contributed by atoms with Gasteiger partial charge in [-0.15, -0.1) is 0 Å². The zero-order valence-corrected chi connectivity index (χ0v) is 12.1. The zero-order chi connectivity index (χ0) is 14.4. The van der Waals surface area contributed by atoms with Crippen LogP contribution in [0.15, 0.2) is 12.4 Å². The standard InChI is InChI=1S/C14H22N4O2/c1-11(19)18-8-3-4-12(10-18)13-14(16-6-5-15-13)17-7-9-20-2/h5-6,12H,3-4,7-10H2,1-2H3,(H,16,17)/t12-/m0/s1. The predicted octanol–water partition coefficient (Wildman–Crippen LogP) is 1.26. The number of carbonyl (C=O) groups is 1. The van der Waals surface area contributed by atoms with Gasteiger partial charge in [0.05, 0.1) is 12.3 Å². The monoisotopic (exact) mass is 278 g/mol. The van der Waals surface area contributed by atoms with E-state index in [9.17, 15) is 4.79 Å². The maximum atomic E-state index is 11.5. The molecule has 0 saturated carbocycles. The van der Waals surface area contributed by atoms with Crippen LogP contribution in [-0.4, -0.2) is 54.1 Å². The Kier molecular flexibility index (Phi) is 5.29. The van der Waals surface area contributed by atoms with E-state index in [1.807, 2.05) is 4.90 Å². The Balaban J connectivity index is 2.08. The van der Waals surface area contributed by atoms with E-state index in [-0.39, 0.29) is 11.8 Å². The lowest BCUT2D eigenvalue weighted by molar-refractivity contribution is -0.130. The fourth-order valence-corrected chi connectivity index (χ4v) is 2.54. The highest BCUT2D eigenvalue weighted by Gasteiger charge is 2.26. The molecule has 1 aromatic heterocycles. The van der Waals surface area contributed by atoms with Crippen molar-refractivity contribution in [1.29, 1.82) is 0 Å². The molecule has 2 heterocycles. The Morgan fingerprint density at radius 2 is 2.30 bits per heavy atom. The summed E-state index contributed by atoms with van der Waals surface area (Å²) in [6.45, 7) is 4.52. The summed E-state index contributed by atoms with van der Waals surface area (Å²) >= 11 is 0. The van der Waals surface area contributed by atoms with Crippen molar-refractivity contribution in [3.63, 3.8) is 0 Å². The molecule has 1 amide bonds. The third kappa shape index (κ3) is 3.66. The zero-order valence-electron chi connectivity index (χ0n) is 12.1. The molecule has 1 fully saturated rings. The molecular weight excluding hydrogens is 256 g/mol. The maximum Gasteiger partial charge on any atom is 0.219 e. The lowest BCUT2D eigenvalue weighted by Gasteiger charge is -2.32. The Bertz CT molecular complexity index is 453. The van der Waals surface area contributed by atoms with Crippen molar-refractivity contribution in [3.8, 4) is 0 Å². The predicted molar refractivity (Wildman–Crippen MR) is 76.6 cm³/mol.